The molecule has 1 unspecified atom stereocenters. The highest BCUT2D eigenvalue weighted by atomic mass is 16.5. The lowest BCUT2D eigenvalue weighted by atomic mass is 9.95. The minimum Gasteiger partial charge on any atom is -0.497 e. The maximum absolute atomic E-state index is 14.7. The summed E-state index contributed by atoms with van der Waals surface area (Å²) in [6.07, 6.45) is 44.1. The summed E-state index contributed by atoms with van der Waals surface area (Å²) in [5.74, 6) is -0.957. The number of carbonyl (C=O) groups excluding carboxylic acids is 3. The van der Waals surface area contributed by atoms with Gasteiger partial charge < -0.3 is 34.9 Å². The van der Waals surface area contributed by atoms with Crippen LogP contribution in [0.3, 0.4) is 0 Å². The van der Waals surface area contributed by atoms with E-state index in [2.05, 4.69) is 48.8 Å². The summed E-state index contributed by atoms with van der Waals surface area (Å²) < 4.78 is 17.4. The Labute approximate surface area is 502 Å². The molecule has 3 aromatic rings. The molecule has 0 saturated carbocycles. The number of fused-ring (bicyclic) bond motifs is 3. The molecule has 0 saturated heterocycles. The summed E-state index contributed by atoms with van der Waals surface area (Å²) in [4.78, 5) is 58.5. The van der Waals surface area contributed by atoms with Crippen LogP contribution in [-0.2, 0) is 19.1 Å². The number of amides is 4. The number of carboxylic acid groups (broad SMARTS) is 1. The fourth-order valence-electron chi connectivity index (χ4n) is 11.1. The molecule has 12 nitrogen and oxygen atoms in total. The van der Waals surface area contributed by atoms with Crippen molar-refractivity contribution in [2.45, 2.75) is 225 Å². The average Bonchev–Trinajstić information content (AvgIpc) is 4.10. The molecule has 1 aliphatic rings. The molecule has 83 heavy (non-hydrogen) atoms. The highest BCUT2D eigenvalue weighted by molar-refractivity contribution is 5.94. The van der Waals surface area contributed by atoms with Gasteiger partial charge in [-0.2, -0.15) is 0 Å². The summed E-state index contributed by atoms with van der Waals surface area (Å²) in [5.41, 5.74) is 4.44. The molecule has 0 bridgehead atoms. The van der Waals surface area contributed by atoms with Crippen LogP contribution in [0.15, 0.2) is 97.1 Å². The third kappa shape index (κ3) is 29.8. The number of allylic oxidation sites excluding steroid dienone is 4. The minimum atomic E-state index is -1.34. The van der Waals surface area contributed by atoms with Crippen molar-refractivity contribution in [3.8, 4) is 16.9 Å². The molecule has 3 aromatic carbocycles. The number of hydrogen-bond donors (Lipinski definition) is 3. The van der Waals surface area contributed by atoms with Gasteiger partial charge in [-0.15, -0.1) is 0 Å². The first-order valence-corrected chi connectivity index (χ1v) is 32.9. The van der Waals surface area contributed by atoms with Crippen LogP contribution in [0.2, 0.25) is 0 Å². The van der Waals surface area contributed by atoms with Gasteiger partial charge in [-0.3, -0.25) is 19.3 Å². The van der Waals surface area contributed by atoms with E-state index < -0.39 is 18.0 Å². The second-order valence-electron chi connectivity index (χ2n) is 22.8. The summed E-state index contributed by atoms with van der Waals surface area (Å²) >= 11 is 0. The normalized spacial score (nSPS) is 12.4. The molecule has 0 fully saturated rings. The molecule has 0 spiro atoms. The lowest BCUT2D eigenvalue weighted by molar-refractivity contribution is -0.137. The van der Waals surface area contributed by atoms with Gasteiger partial charge in [-0.1, -0.05) is 202 Å². The molecule has 3 N–H and O–H groups in total. The molecule has 1 aliphatic carbocycles. The molecule has 0 heterocycles. The van der Waals surface area contributed by atoms with Crippen LogP contribution >= 0.6 is 0 Å². The van der Waals surface area contributed by atoms with Gasteiger partial charge in [0.15, 0.2) is 0 Å². The van der Waals surface area contributed by atoms with Crippen LogP contribution in [0.5, 0.6) is 5.75 Å². The number of rotatable bonds is 51. The summed E-state index contributed by atoms with van der Waals surface area (Å²) in [5, 5.41) is 16.7. The van der Waals surface area contributed by atoms with Gasteiger partial charge in [-0.05, 0) is 124 Å². The molecule has 462 valence electrons. The second kappa shape index (κ2) is 45.9. The number of methoxy groups -OCH3 is 1. The molecule has 0 aliphatic heterocycles. The largest absolute Gasteiger partial charge is 0.497 e. The summed E-state index contributed by atoms with van der Waals surface area (Å²) in [7, 11) is 1.56. The molecule has 4 amide bonds. The van der Waals surface area contributed by atoms with E-state index in [1.807, 2.05) is 48.5 Å². The van der Waals surface area contributed by atoms with E-state index in [0.29, 0.717) is 63.7 Å². The molecule has 4 rings (SSSR count). The Balaban J connectivity index is 1.30. The van der Waals surface area contributed by atoms with Crippen LogP contribution in [0.1, 0.15) is 240 Å². The van der Waals surface area contributed by atoms with Crippen LogP contribution in [0.4, 0.5) is 4.79 Å². The predicted molar refractivity (Wildman–Crippen MR) is 342 cm³/mol. The minimum absolute atomic E-state index is 0.0281. The standard InChI is InChI=1S/C71H110N4O8/c1-4-6-8-10-12-14-16-18-20-22-24-26-28-30-32-38-54-82-56-40-52-74(53-41-57-83-55-39-33-31-29-27-25-23-21-19-17-15-13-11-9-7-5-2)68(76)58-67(70(78)73-51-50-72-69(77)60-46-48-61(81-3)49-47-60)75(71(79)80)59-66-64-44-36-34-42-62(64)63-43-35-37-45-65(63)66/h18-21,34-37,42-49,66-67H,4-17,22-33,38-41,50-59H2,1-3H3,(H,72,77)(H,73,78)(H,79,80)/b20-18-,21-19?. The van der Waals surface area contributed by atoms with Crippen molar-refractivity contribution in [3.05, 3.63) is 114 Å². The van der Waals surface area contributed by atoms with E-state index >= 15 is 0 Å². The summed E-state index contributed by atoms with van der Waals surface area (Å²) in [6, 6.07) is 21.3. The van der Waals surface area contributed by atoms with Crippen molar-refractivity contribution in [2.75, 3.05) is 66.3 Å². The van der Waals surface area contributed by atoms with Crippen LogP contribution in [0, 0.1) is 0 Å². The number of hydrogen-bond acceptors (Lipinski definition) is 7. The molecular formula is C71H110N4O8. The van der Waals surface area contributed by atoms with Crippen molar-refractivity contribution in [3.63, 3.8) is 0 Å². The van der Waals surface area contributed by atoms with Crippen molar-refractivity contribution in [1.82, 2.24) is 20.4 Å². The number of ether oxygens (including phenoxy) is 3. The Bertz CT molecular complexity index is 2150. The zero-order chi connectivity index (χ0) is 59.2. The van der Waals surface area contributed by atoms with E-state index in [9.17, 15) is 24.3 Å². The average molecular weight is 1150 g/mol. The Morgan fingerprint density at radius 2 is 0.928 bits per heavy atom. The van der Waals surface area contributed by atoms with Gasteiger partial charge in [0, 0.05) is 70.6 Å². The Kier molecular flexibility index (Phi) is 38.7. The molecular weight excluding hydrogens is 1040 g/mol. The van der Waals surface area contributed by atoms with E-state index in [-0.39, 0.29) is 43.8 Å². The van der Waals surface area contributed by atoms with Crippen molar-refractivity contribution < 1.29 is 38.5 Å². The van der Waals surface area contributed by atoms with Gasteiger partial charge in [0.25, 0.3) is 5.91 Å². The third-order valence-corrected chi connectivity index (χ3v) is 16.1. The fourth-order valence-corrected chi connectivity index (χ4v) is 11.1. The SMILES string of the molecule is CCCCCCCCC=CCCCCCCCCOCCCN(CCCOCCCCCCCC/C=C\CCCCCCCC)C(=O)CC(C(=O)NCCNC(=O)c1ccc(OC)cc1)N(CC1c2ccccc2-c2ccccc21)C(=O)O. The molecule has 0 aromatic heterocycles. The Morgan fingerprint density at radius 3 is 1.37 bits per heavy atom. The number of nitrogens with one attached hydrogen (secondary N) is 2. The molecule has 12 heteroatoms. The Morgan fingerprint density at radius 1 is 0.518 bits per heavy atom. The van der Waals surface area contributed by atoms with Crippen LogP contribution < -0.4 is 15.4 Å². The highest BCUT2D eigenvalue weighted by Crippen LogP contribution is 2.45. The topological polar surface area (TPSA) is 147 Å². The molecule has 1 atom stereocenters. The maximum atomic E-state index is 14.7. The monoisotopic (exact) mass is 1150 g/mol. The zero-order valence-corrected chi connectivity index (χ0v) is 51.9. The first-order chi connectivity index (χ1) is 40.8. The van der Waals surface area contributed by atoms with Gasteiger partial charge in [0.2, 0.25) is 11.8 Å². The zero-order valence-electron chi connectivity index (χ0n) is 51.9. The smallest absolute Gasteiger partial charge is 0.408 e. The van der Waals surface area contributed by atoms with Gasteiger partial charge in [0.1, 0.15) is 11.8 Å². The van der Waals surface area contributed by atoms with E-state index in [4.69, 9.17) is 14.2 Å². The van der Waals surface area contributed by atoms with Crippen LogP contribution in [-0.4, -0.2) is 111 Å². The number of unbranched alkanes of at least 4 members (excludes halogenated alkanes) is 24. The predicted octanol–water partition coefficient (Wildman–Crippen LogP) is 16.8. The number of carbonyl (C=O) groups is 4. The van der Waals surface area contributed by atoms with Crippen molar-refractivity contribution >= 4 is 23.8 Å². The maximum Gasteiger partial charge on any atom is 0.408 e. The van der Waals surface area contributed by atoms with Crippen LogP contribution in [0.25, 0.3) is 11.1 Å². The second-order valence-corrected chi connectivity index (χ2v) is 22.8. The quantitative estimate of drug-likeness (QED) is 0.0374. The highest BCUT2D eigenvalue weighted by Gasteiger charge is 2.38. The van der Waals surface area contributed by atoms with Gasteiger partial charge in [-0.25, -0.2) is 4.79 Å². The van der Waals surface area contributed by atoms with E-state index in [0.717, 1.165) is 52.8 Å². The molecule has 0 radical (unpaired) electrons. The Hall–Kier alpha value is -5.46. The lowest BCUT2D eigenvalue weighted by Gasteiger charge is -2.32. The van der Waals surface area contributed by atoms with Gasteiger partial charge in [0.05, 0.1) is 13.5 Å². The summed E-state index contributed by atoms with van der Waals surface area (Å²) in [6.45, 7) is 7.77. The number of nitrogens with zero attached hydrogens (tertiary/aromatic N) is 2. The van der Waals surface area contributed by atoms with E-state index in [1.54, 1.807) is 36.3 Å². The van der Waals surface area contributed by atoms with Gasteiger partial charge >= 0.3 is 6.09 Å². The first-order valence-electron chi connectivity index (χ1n) is 32.9. The van der Waals surface area contributed by atoms with Crippen molar-refractivity contribution in [1.29, 1.82) is 0 Å². The first kappa shape index (κ1) is 70.0. The third-order valence-electron chi connectivity index (χ3n) is 16.1. The number of benzene rings is 3. The van der Waals surface area contributed by atoms with Crippen molar-refractivity contribution in [2.24, 2.45) is 0 Å². The lowest BCUT2D eigenvalue weighted by Crippen LogP contribution is -2.53. The fraction of sp³-hybridized carbons (Fsp3) is 0.634. The van der Waals surface area contributed by atoms with E-state index in [1.165, 1.54) is 154 Å².